The molecule has 0 aliphatic carbocycles. The maximum Gasteiger partial charge on any atom is 0.243 e. The number of benzene rings is 2. The van der Waals surface area contributed by atoms with Crippen molar-refractivity contribution in [1.82, 2.24) is 10.2 Å². The Balaban J connectivity index is 2.36. The van der Waals surface area contributed by atoms with Crippen molar-refractivity contribution in [2.24, 2.45) is 0 Å². The summed E-state index contributed by atoms with van der Waals surface area (Å²) in [5.41, 5.74) is 3.68. The predicted octanol–water partition coefficient (Wildman–Crippen LogP) is 5.87. The first-order chi connectivity index (χ1) is 14.4. The largest absolute Gasteiger partial charge is 0.350 e. The fourth-order valence-corrected chi connectivity index (χ4v) is 3.72. The summed E-state index contributed by atoms with van der Waals surface area (Å²) in [7, 11) is 0. The minimum atomic E-state index is -0.590. The lowest BCUT2D eigenvalue weighted by molar-refractivity contribution is -0.141. The molecule has 0 saturated carbocycles. The molecule has 4 nitrogen and oxygen atoms in total. The highest BCUT2D eigenvalue weighted by Gasteiger charge is 2.30. The van der Waals surface area contributed by atoms with E-state index in [1.807, 2.05) is 65.8 Å². The van der Waals surface area contributed by atoms with Gasteiger partial charge in [-0.2, -0.15) is 0 Å². The SMILES string of the molecule is CC[C@H](C(=O)NC(C)(C)C)N(Cc1ccc(Cl)c(Cl)c1)C(=O)Cc1ccc(C)c(C)c1. The molecule has 1 atom stereocenters. The summed E-state index contributed by atoms with van der Waals surface area (Å²) in [6.45, 7) is 12.0. The third kappa shape index (κ3) is 7.26. The summed E-state index contributed by atoms with van der Waals surface area (Å²) in [5.74, 6) is -0.270. The van der Waals surface area contributed by atoms with Crippen LogP contribution in [0.4, 0.5) is 0 Å². The summed E-state index contributed by atoms with van der Waals surface area (Å²) in [6.07, 6.45) is 0.726. The van der Waals surface area contributed by atoms with Crippen LogP contribution in [-0.2, 0) is 22.6 Å². The second kappa shape index (κ2) is 10.5. The Kier molecular flexibility index (Phi) is 8.56. The van der Waals surface area contributed by atoms with Crippen LogP contribution in [0.5, 0.6) is 0 Å². The number of carbonyl (C=O) groups is 2. The molecule has 168 valence electrons. The molecular weight excluding hydrogens is 431 g/mol. The molecular formula is C25H32Cl2N2O2. The molecule has 0 fully saturated rings. The zero-order valence-electron chi connectivity index (χ0n) is 19.2. The molecule has 31 heavy (non-hydrogen) atoms. The molecule has 0 aromatic heterocycles. The molecule has 6 heteroatoms. The number of hydrogen-bond acceptors (Lipinski definition) is 2. The van der Waals surface area contributed by atoms with E-state index in [2.05, 4.69) is 5.32 Å². The van der Waals surface area contributed by atoms with Crippen LogP contribution in [0.1, 0.15) is 56.4 Å². The first-order valence-corrected chi connectivity index (χ1v) is 11.3. The molecule has 0 unspecified atom stereocenters. The van der Waals surface area contributed by atoms with Gasteiger partial charge in [-0.25, -0.2) is 0 Å². The Morgan fingerprint density at radius 2 is 1.61 bits per heavy atom. The van der Waals surface area contributed by atoms with E-state index in [0.29, 0.717) is 16.5 Å². The van der Waals surface area contributed by atoms with Crippen molar-refractivity contribution in [2.75, 3.05) is 0 Å². The summed E-state index contributed by atoms with van der Waals surface area (Å²) >= 11 is 12.2. The van der Waals surface area contributed by atoms with Crippen LogP contribution in [0.25, 0.3) is 0 Å². The number of nitrogens with zero attached hydrogens (tertiary/aromatic N) is 1. The topological polar surface area (TPSA) is 49.4 Å². The number of halogens is 2. The fraction of sp³-hybridized carbons (Fsp3) is 0.440. The van der Waals surface area contributed by atoms with E-state index >= 15 is 0 Å². The highest BCUT2D eigenvalue weighted by molar-refractivity contribution is 6.42. The Labute approximate surface area is 195 Å². The number of carbonyl (C=O) groups excluding carboxylic acids is 2. The van der Waals surface area contributed by atoms with E-state index in [0.717, 1.165) is 16.7 Å². The van der Waals surface area contributed by atoms with Crippen LogP contribution >= 0.6 is 23.2 Å². The van der Waals surface area contributed by atoms with Crippen molar-refractivity contribution < 1.29 is 9.59 Å². The zero-order valence-corrected chi connectivity index (χ0v) is 20.7. The molecule has 0 heterocycles. The van der Waals surface area contributed by atoms with Crippen LogP contribution in [0.3, 0.4) is 0 Å². The average molecular weight is 463 g/mol. The summed E-state index contributed by atoms with van der Waals surface area (Å²) in [5, 5.41) is 3.89. The van der Waals surface area contributed by atoms with Gasteiger partial charge < -0.3 is 10.2 Å². The minimum absolute atomic E-state index is 0.106. The first kappa shape index (κ1) is 25.2. The summed E-state index contributed by atoms with van der Waals surface area (Å²) in [6, 6.07) is 10.7. The van der Waals surface area contributed by atoms with E-state index in [1.165, 1.54) is 5.56 Å². The Hall–Kier alpha value is -2.04. The standard InChI is InChI=1S/C25H32Cl2N2O2/c1-7-22(24(31)28-25(4,5)6)29(15-19-10-11-20(26)21(27)13-19)23(30)14-18-9-8-16(2)17(3)12-18/h8-13,22H,7,14-15H2,1-6H3,(H,28,31)/t22-/m1/s1. The number of rotatable bonds is 7. The van der Waals surface area contributed by atoms with Crippen molar-refractivity contribution in [3.63, 3.8) is 0 Å². The van der Waals surface area contributed by atoms with Gasteiger partial charge in [0, 0.05) is 12.1 Å². The summed E-state index contributed by atoms with van der Waals surface area (Å²) in [4.78, 5) is 28.1. The first-order valence-electron chi connectivity index (χ1n) is 10.5. The van der Waals surface area contributed by atoms with Crippen molar-refractivity contribution in [1.29, 1.82) is 0 Å². The minimum Gasteiger partial charge on any atom is -0.350 e. The number of aryl methyl sites for hydroxylation is 2. The normalized spacial score (nSPS) is 12.4. The van der Waals surface area contributed by atoms with E-state index in [1.54, 1.807) is 17.0 Å². The maximum atomic E-state index is 13.4. The van der Waals surface area contributed by atoms with Crippen LogP contribution in [0.2, 0.25) is 10.0 Å². The highest BCUT2D eigenvalue weighted by Crippen LogP contribution is 2.24. The second-order valence-corrected chi connectivity index (χ2v) is 9.84. The number of nitrogens with one attached hydrogen (secondary N) is 1. The van der Waals surface area contributed by atoms with Crippen LogP contribution < -0.4 is 5.32 Å². The maximum absolute atomic E-state index is 13.4. The predicted molar refractivity (Wildman–Crippen MR) is 129 cm³/mol. The van der Waals surface area contributed by atoms with Crippen LogP contribution in [0.15, 0.2) is 36.4 Å². The van der Waals surface area contributed by atoms with Gasteiger partial charge in [-0.15, -0.1) is 0 Å². The van der Waals surface area contributed by atoms with Crippen molar-refractivity contribution >= 4 is 35.0 Å². The van der Waals surface area contributed by atoms with Crippen molar-refractivity contribution in [2.45, 2.75) is 72.5 Å². The van der Waals surface area contributed by atoms with Crippen LogP contribution in [0, 0.1) is 13.8 Å². The molecule has 0 aliphatic heterocycles. The van der Waals surface area contributed by atoms with Gasteiger partial charge in [-0.1, -0.05) is 54.4 Å². The van der Waals surface area contributed by atoms with Gasteiger partial charge >= 0.3 is 0 Å². The quantitative estimate of drug-likeness (QED) is 0.558. The Bertz CT molecular complexity index is 951. The molecule has 0 spiro atoms. The molecule has 0 aliphatic rings. The Morgan fingerprint density at radius 3 is 2.16 bits per heavy atom. The molecule has 2 aromatic carbocycles. The zero-order chi connectivity index (χ0) is 23.3. The number of hydrogen-bond donors (Lipinski definition) is 1. The third-order valence-corrected chi connectivity index (χ3v) is 5.89. The van der Waals surface area contributed by atoms with Crippen LogP contribution in [-0.4, -0.2) is 28.3 Å². The summed E-state index contributed by atoms with van der Waals surface area (Å²) < 4.78 is 0. The van der Waals surface area contributed by atoms with Gasteiger partial charge in [0.25, 0.3) is 0 Å². The highest BCUT2D eigenvalue weighted by atomic mass is 35.5. The molecule has 1 N–H and O–H groups in total. The molecule has 0 radical (unpaired) electrons. The lowest BCUT2D eigenvalue weighted by Gasteiger charge is -2.33. The van der Waals surface area contributed by atoms with E-state index in [4.69, 9.17) is 23.2 Å². The molecule has 2 rings (SSSR count). The Morgan fingerprint density at radius 1 is 0.968 bits per heavy atom. The molecule has 2 amide bonds. The van der Waals surface area contributed by atoms with Crippen molar-refractivity contribution in [3.05, 3.63) is 68.7 Å². The van der Waals surface area contributed by atoms with Crippen molar-refractivity contribution in [3.8, 4) is 0 Å². The van der Waals surface area contributed by atoms with Gasteiger partial charge in [0.05, 0.1) is 16.5 Å². The molecule has 0 saturated heterocycles. The monoisotopic (exact) mass is 462 g/mol. The van der Waals surface area contributed by atoms with Gasteiger partial charge in [0.1, 0.15) is 6.04 Å². The smallest absolute Gasteiger partial charge is 0.243 e. The lowest BCUT2D eigenvalue weighted by Crippen LogP contribution is -2.53. The number of amides is 2. The van der Waals surface area contributed by atoms with Gasteiger partial charge in [-0.3, -0.25) is 9.59 Å². The molecule has 0 bridgehead atoms. The van der Waals surface area contributed by atoms with Gasteiger partial charge in [0.2, 0.25) is 11.8 Å². The van der Waals surface area contributed by atoms with E-state index < -0.39 is 11.6 Å². The third-order valence-electron chi connectivity index (χ3n) is 5.15. The lowest BCUT2D eigenvalue weighted by atomic mass is 10.0. The molecule has 2 aromatic rings. The van der Waals surface area contributed by atoms with Gasteiger partial charge in [-0.05, 0) is 75.4 Å². The fourth-order valence-electron chi connectivity index (χ4n) is 3.40. The van der Waals surface area contributed by atoms with Gasteiger partial charge in [0.15, 0.2) is 0 Å². The van der Waals surface area contributed by atoms with E-state index in [-0.39, 0.29) is 24.8 Å². The second-order valence-electron chi connectivity index (χ2n) is 9.03. The average Bonchev–Trinajstić information content (AvgIpc) is 2.66. The van der Waals surface area contributed by atoms with E-state index in [9.17, 15) is 9.59 Å².